The van der Waals surface area contributed by atoms with Gasteiger partial charge in [0.1, 0.15) is 28.7 Å². The lowest BCUT2D eigenvalue weighted by molar-refractivity contribution is -0.119. The van der Waals surface area contributed by atoms with Crippen LogP contribution >= 0.6 is 11.6 Å². The van der Waals surface area contributed by atoms with E-state index in [1.54, 1.807) is 24.3 Å². The minimum Gasteiger partial charge on any atom is -0.452 e. The maximum absolute atomic E-state index is 13.6. The number of rotatable bonds is 5. The molecule has 0 aliphatic rings. The maximum Gasteiger partial charge on any atom is 0.344 e. The lowest BCUT2D eigenvalue weighted by Crippen LogP contribution is -2.21. The zero-order valence-corrected chi connectivity index (χ0v) is 15.2. The Kier molecular flexibility index (Phi) is 5.70. The van der Waals surface area contributed by atoms with Crippen LogP contribution in [0.3, 0.4) is 0 Å². The van der Waals surface area contributed by atoms with Crippen molar-refractivity contribution in [1.29, 1.82) is 0 Å². The zero-order valence-electron chi connectivity index (χ0n) is 14.5. The second-order valence-electron chi connectivity index (χ2n) is 5.69. The minimum absolute atomic E-state index is 0.0221. The van der Waals surface area contributed by atoms with Gasteiger partial charge in [0.15, 0.2) is 6.61 Å². The molecule has 0 unspecified atom stereocenters. The Labute approximate surface area is 163 Å². The van der Waals surface area contributed by atoms with Crippen LogP contribution in [-0.4, -0.2) is 23.6 Å². The van der Waals surface area contributed by atoms with Gasteiger partial charge in [0.25, 0.3) is 5.91 Å². The van der Waals surface area contributed by atoms with E-state index in [4.69, 9.17) is 20.9 Å². The second-order valence-corrected chi connectivity index (χ2v) is 6.10. The third-order valence-electron chi connectivity index (χ3n) is 3.74. The summed E-state index contributed by atoms with van der Waals surface area (Å²) in [5.41, 5.74) is 0.429. The number of aryl methyl sites for hydroxylation is 1. The predicted molar refractivity (Wildman–Crippen MR) is 97.0 cm³/mol. The highest BCUT2D eigenvalue weighted by Crippen LogP contribution is 2.31. The summed E-state index contributed by atoms with van der Waals surface area (Å²) in [6.07, 6.45) is 0. The smallest absolute Gasteiger partial charge is 0.344 e. The van der Waals surface area contributed by atoms with Crippen LogP contribution < -0.4 is 5.32 Å². The van der Waals surface area contributed by atoms with Crippen molar-refractivity contribution in [2.75, 3.05) is 11.9 Å². The first kappa shape index (κ1) is 19.5. The van der Waals surface area contributed by atoms with E-state index in [1.165, 1.54) is 6.92 Å². The van der Waals surface area contributed by atoms with Crippen molar-refractivity contribution in [1.82, 2.24) is 5.16 Å². The quantitative estimate of drug-likeness (QED) is 0.636. The molecular formula is C19H13ClF2N2O4. The molecule has 1 N–H and O–H groups in total. The van der Waals surface area contributed by atoms with Gasteiger partial charge in [-0.1, -0.05) is 35.0 Å². The SMILES string of the molecule is Cc1onc(-c2ccccc2Cl)c1C(=O)OCC(=O)Nc1ccc(F)cc1F. The van der Waals surface area contributed by atoms with Crippen molar-refractivity contribution in [3.63, 3.8) is 0 Å². The van der Waals surface area contributed by atoms with Gasteiger partial charge in [0, 0.05) is 11.6 Å². The number of anilines is 1. The first-order valence-electron chi connectivity index (χ1n) is 8.00. The molecule has 28 heavy (non-hydrogen) atoms. The lowest BCUT2D eigenvalue weighted by atomic mass is 10.1. The van der Waals surface area contributed by atoms with Crippen molar-refractivity contribution >= 4 is 29.2 Å². The average molecular weight is 407 g/mol. The van der Waals surface area contributed by atoms with Crippen LogP contribution in [0.1, 0.15) is 16.1 Å². The van der Waals surface area contributed by atoms with Crippen LogP contribution in [0.25, 0.3) is 11.3 Å². The predicted octanol–water partition coefficient (Wildman–Crippen LogP) is 4.38. The van der Waals surface area contributed by atoms with Crippen LogP contribution in [0, 0.1) is 18.6 Å². The highest BCUT2D eigenvalue weighted by molar-refractivity contribution is 6.33. The van der Waals surface area contributed by atoms with Crippen molar-refractivity contribution in [2.45, 2.75) is 6.92 Å². The van der Waals surface area contributed by atoms with Gasteiger partial charge in [-0.05, 0) is 25.1 Å². The second kappa shape index (κ2) is 8.18. The lowest BCUT2D eigenvalue weighted by Gasteiger charge is -2.08. The van der Waals surface area contributed by atoms with Gasteiger partial charge in [-0.25, -0.2) is 13.6 Å². The highest BCUT2D eigenvalue weighted by atomic mass is 35.5. The number of esters is 1. The van der Waals surface area contributed by atoms with Gasteiger partial charge in [-0.3, -0.25) is 4.79 Å². The standard InChI is InChI=1S/C19H13ClF2N2O4/c1-10-17(18(24-28-10)12-4-2-3-5-13(12)20)19(26)27-9-16(25)23-15-7-6-11(21)8-14(15)22/h2-8H,9H2,1H3,(H,23,25). The fourth-order valence-corrected chi connectivity index (χ4v) is 2.66. The fraction of sp³-hybridized carbons (Fsp3) is 0.105. The van der Waals surface area contributed by atoms with E-state index in [2.05, 4.69) is 10.5 Å². The summed E-state index contributed by atoms with van der Waals surface area (Å²) in [4.78, 5) is 24.3. The molecular weight excluding hydrogens is 394 g/mol. The molecule has 0 saturated heterocycles. The maximum atomic E-state index is 13.6. The Morgan fingerprint density at radius 1 is 1.21 bits per heavy atom. The summed E-state index contributed by atoms with van der Waals surface area (Å²) in [5.74, 6) is -3.20. The Morgan fingerprint density at radius 2 is 1.96 bits per heavy atom. The van der Waals surface area contributed by atoms with E-state index in [9.17, 15) is 18.4 Å². The summed E-state index contributed by atoms with van der Waals surface area (Å²) < 4.78 is 36.5. The summed E-state index contributed by atoms with van der Waals surface area (Å²) in [7, 11) is 0. The van der Waals surface area contributed by atoms with Crippen molar-refractivity contribution in [3.05, 3.63) is 70.4 Å². The van der Waals surface area contributed by atoms with Crippen LogP contribution in [0.5, 0.6) is 0 Å². The molecule has 144 valence electrons. The van der Waals surface area contributed by atoms with Crippen molar-refractivity contribution in [2.24, 2.45) is 0 Å². The number of nitrogens with one attached hydrogen (secondary N) is 1. The average Bonchev–Trinajstić information content (AvgIpc) is 3.04. The number of carbonyl (C=O) groups is 2. The molecule has 0 bridgehead atoms. The number of halogens is 3. The molecule has 0 aliphatic heterocycles. The number of benzene rings is 2. The number of ether oxygens (including phenoxy) is 1. The largest absolute Gasteiger partial charge is 0.452 e. The van der Waals surface area contributed by atoms with Crippen LogP contribution in [-0.2, 0) is 9.53 Å². The molecule has 1 aromatic heterocycles. The van der Waals surface area contributed by atoms with Gasteiger partial charge >= 0.3 is 5.97 Å². The number of hydrogen-bond acceptors (Lipinski definition) is 5. The third kappa shape index (κ3) is 4.17. The molecule has 9 heteroatoms. The minimum atomic E-state index is -0.949. The molecule has 1 heterocycles. The molecule has 2 aromatic carbocycles. The van der Waals surface area contributed by atoms with E-state index >= 15 is 0 Å². The number of amides is 1. The van der Waals surface area contributed by atoms with E-state index in [0.717, 1.165) is 12.1 Å². The van der Waals surface area contributed by atoms with E-state index in [0.29, 0.717) is 16.7 Å². The Balaban J connectivity index is 1.71. The fourth-order valence-electron chi connectivity index (χ4n) is 2.43. The molecule has 0 radical (unpaired) electrons. The first-order valence-corrected chi connectivity index (χ1v) is 8.38. The molecule has 0 saturated carbocycles. The van der Waals surface area contributed by atoms with Crippen LogP contribution in [0.15, 0.2) is 47.0 Å². The number of carbonyl (C=O) groups excluding carboxylic acids is 2. The van der Waals surface area contributed by atoms with E-state index in [-0.39, 0.29) is 22.7 Å². The molecule has 0 atom stereocenters. The topological polar surface area (TPSA) is 81.4 Å². The summed E-state index contributed by atoms with van der Waals surface area (Å²) in [6, 6.07) is 9.38. The molecule has 1 amide bonds. The third-order valence-corrected chi connectivity index (χ3v) is 4.06. The molecule has 0 aliphatic carbocycles. The monoisotopic (exact) mass is 406 g/mol. The number of aromatic nitrogens is 1. The van der Waals surface area contributed by atoms with E-state index < -0.39 is 30.1 Å². The van der Waals surface area contributed by atoms with E-state index in [1.807, 2.05) is 0 Å². The molecule has 6 nitrogen and oxygen atoms in total. The van der Waals surface area contributed by atoms with Gasteiger partial charge in [-0.2, -0.15) is 0 Å². The van der Waals surface area contributed by atoms with Crippen molar-refractivity contribution < 1.29 is 27.6 Å². The summed E-state index contributed by atoms with van der Waals surface area (Å²) in [5, 5.41) is 6.38. The Morgan fingerprint density at radius 3 is 2.68 bits per heavy atom. The van der Waals surface area contributed by atoms with Crippen molar-refractivity contribution in [3.8, 4) is 11.3 Å². The summed E-state index contributed by atoms with van der Waals surface area (Å²) in [6.45, 7) is 0.820. The Hall–Kier alpha value is -3.26. The molecule has 3 rings (SSSR count). The van der Waals surface area contributed by atoms with Gasteiger partial charge < -0.3 is 14.6 Å². The highest BCUT2D eigenvalue weighted by Gasteiger charge is 2.25. The molecule has 0 fully saturated rings. The normalized spacial score (nSPS) is 10.6. The molecule has 3 aromatic rings. The summed E-state index contributed by atoms with van der Waals surface area (Å²) >= 11 is 6.13. The first-order chi connectivity index (χ1) is 13.4. The van der Waals surface area contributed by atoms with Gasteiger partial charge in [-0.15, -0.1) is 0 Å². The Bertz CT molecular complexity index is 1050. The zero-order chi connectivity index (χ0) is 20.3. The van der Waals surface area contributed by atoms with Crippen LogP contribution in [0.2, 0.25) is 5.02 Å². The van der Waals surface area contributed by atoms with Gasteiger partial charge in [0.2, 0.25) is 0 Å². The van der Waals surface area contributed by atoms with Crippen LogP contribution in [0.4, 0.5) is 14.5 Å². The number of hydrogen-bond donors (Lipinski definition) is 1. The van der Waals surface area contributed by atoms with Gasteiger partial charge in [0.05, 0.1) is 10.7 Å². The molecule has 0 spiro atoms. The number of nitrogens with zero attached hydrogens (tertiary/aromatic N) is 1.